The van der Waals surface area contributed by atoms with Gasteiger partial charge in [-0.1, -0.05) is 20.8 Å². The zero-order valence-corrected chi connectivity index (χ0v) is 8.59. The smallest absolute Gasteiger partial charge is 0.0653 e. The third-order valence-electron chi connectivity index (χ3n) is 4.83. The van der Waals surface area contributed by atoms with Crippen molar-refractivity contribution in [3.05, 3.63) is 0 Å². The molecular formula is C11H20O. The van der Waals surface area contributed by atoms with Crippen LogP contribution >= 0.6 is 0 Å². The average molecular weight is 168 g/mol. The Kier molecular flexibility index (Phi) is 1.47. The molecule has 70 valence electrons. The monoisotopic (exact) mass is 168 g/mol. The van der Waals surface area contributed by atoms with Crippen LogP contribution in [-0.4, -0.2) is 10.7 Å². The second-order valence-corrected chi connectivity index (χ2v) is 5.71. The minimum Gasteiger partial charge on any atom is -0.390 e. The van der Waals surface area contributed by atoms with E-state index in [1.165, 1.54) is 6.42 Å². The molecule has 2 fully saturated rings. The Morgan fingerprint density at radius 3 is 2.17 bits per heavy atom. The molecule has 1 N–H and O–H groups in total. The third kappa shape index (κ3) is 0.834. The van der Waals surface area contributed by atoms with E-state index in [1.54, 1.807) is 0 Å². The van der Waals surface area contributed by atoms with E-state index in [2.05, 4.69) is 20.8 Å². The van der Waals surface area contributed by atoms with Crippen molar-refractivity contribution < 1.29 is 5.11 Å². The molecule has 0 amide bonds. The highest BCUT2D eigenvalue weighted by Crippen LogP contribution is 2.62. The highest BCUT2D eigenvalue weighted by molar-refractivity contribution is 5.09. The number of hydrogen-bond acceptors (Lipinski definition) is 1. The van der Waals surface area contributed by atoms with Crippen LogP contribution in [0, 0.1) is 23.2 Å². The van der Waals surface area contributed by atoms with E-state index < -0.39 is 0 Å². The van der Waals surface area contributed by atoms with Crippen molar-refractivity contribution in [2.24, 2.45) is 23.2 Å². The van der Waals surface area contributed by atoms with Gasteiger partial charge >= 0.3 is 0 Å². The van der Waals surface area contributed by atoms with E-state index >= 15 is 0 Å². The Labute approximate surface area is 75.2 Å². The Hall–Kier alpha value is -0.0400. The molecule has 0 spiro atoms. The predicted octanol–water partition coefficient (Wildman–Crippen LogP) is 2.44. The molecule has 2 bridgehead atoms. The Morgan fingerprint density at radius 2 is 1.83 bits per heavy atom. The van der Waals surface area contributed by atoms with Crippen molar-refractivity contribution in [1.29, 1.82) is 0 Å². The van der Waals surface area contributed by atoms with Gasteiger partial charge in [-0.15, -0.1) is 0 Å². The summed E-state index contributed by atoms with van der Waals surface area (Å²) in [6, 6.07) is 0. The molecule has 2 aliphatic rings. The molecule has 0 radical (unpaired) electrons. The largest absolute Gasteiger partial charge is 0.390 e. The lowest BCUT2D eigenvalue weighted by molar-refractivity contribution is -0.0537. The maximum atomic E-state index is 10.1. The predicted molar refractivity (Wildman–Crippen MR) is 49.8 cm³/mol. The molecule has 0 aromatic rings. The molecule has 0 aromatic carbocycles. The van der Waals surface area contributed by atoms with E-state index in [0.717, 1.165) is 12.3 Å². The molecule has 1 nitrogen and oxygen atoms in total. The summed E-state index contributed by atoms with van der Waals surface area (Å²) in [5.74, 6) is 2.00. The molecule has 0 aliphatic heterocycles. The fourth-order valence-electron chi connectivity index (χ4n) is 3.49. The third-order valence-corrected chi connectivity index (χ3v) is 4.83. The molecule has 1 heteroatoms. The summed E-state index contributed by atoms with van der Waals surface area (Å²) in [6.45, 7) is 9.04. The van der Waals surface area contributed by atoms with Gasteiger partial charge in [-0.2, -0.15) is 0 Å². The molecule has 2 saturated carbocycles. The number of aliphatic hydroxyl groups is 1. The van der Waals surface area contributed by atoms with Crippen LogP contribution in [0.3, 0.4) is 0 Å². The number of hydrogen-bond donors (Lipinski definition) is 1. The van der Waals surface area contributed by atoms with Crippen LogP contribution in [0.5, 0.6) is 0 Å². The topological polar surface area (TPSA) is 20.2 Å². The van der Waals surface area contributed by atoms with Crippen molar-refractivity contribution in [2.45, 2.75) is 46.1 Å². The first-order chi connectivity index (χ1) is 5.36. The second-order valence-electron chi connectivity index (χ2n) is 5.71. The van der Waals surface area contributed by atoms with E-state index in [1.807, 2.05) is 6.92 Å². The van der Waals surface area contributed by atoms with Gasteiger partial charge in [0, 0.05) is 0 Å². The summed E-state index contributed by atoms with van der Waals surface area (Å²) in [6.07, 6.45) is 2.27. The maximum absolute atomic E-state index is 10.1. The van der Waals surface area contributed by atoms with Gasteiger partial charge in [0.25, 0.3) is 0 Å². The zero-order chi connectivity index (χ0) is 9.15. The second kappa shape index (κ2) is 2.06. The molecule has 0 aromatic heterocycles. The van der Waals surface area contributed by atoms with E-state index in [0.29, 0.717) is 17.3 Å². The van der Waals surface area contributed by atoms with Gasteiger partial charge in [-0.3, -0.25) is 0 Å². The average Bonchev–Trinajstić information content (AvgIpc) is 2.31. The lowest BCUT2D eigenvalue weighted by Gasteiger charge is -2.43. The molecule has 0 heterocycles. The highest BCUT2D eigenvalue weighted by Gasteiger charge is 2.59. The van der Waals surface area contributed by atoms with Gasteiger partial charge in [0.05, 0.1) is 5.60 Å². The fourth-order valence-corrected chi connectivity index (χ4v) is 3.49. The normalized spacial score (nSPS) is 56.2. The summed E-state index contributed by atoms with van der Waals surface area (Å²) in [5, 5.41) is 10.1. The lowest BCUT2D eigenvalue weighted by atomic mass is 9.65. The number of fused-ring (bicyclic) bond motifs is 2. The highest BCUT2D eigenvalue weighted by atomic mass is 16.3. The van der Waals surface area contributed by atoms with Crippen LogP contribution < -0.4 is 0 Å². The van der Waals surface area contributed by atoms with Crippen LogP contribution in [0.1, 0.15) is 40.5 Å². The van der Waals surface area contributed by atoms with E-state index in [-0.39, 0.29) is 5.60 Å². The van der Waals surface area contributed by atoms with Gasteiger partial charge < -0.3 is 5.11 Å². The zero-order valence-electron chi connectivity index (χ0n) is 8.59. The first-order valence-corrected chi connectivity index (χ1v) is 5.08. The van der Waals surface area contributed by atoms with Crippen LogP contribution in [0.15, 0.2) is 0 Å². The lowest BCUT2D eigenvalue weighted by Crippen LogP contribution is -2.42. The van der Waals surface area contributed by atoms with Gasteiger partial charge in [0.15, 0.2) is 0 Å². The van der Waals surface area contributed by atoms with Gasteiger partial charge in [-0.25, -0.2) is 0 Å². The molecule has 0 unspecified atom stereocenters. The van der Waals surface area contributed by atoms with Gasteiger partial charge in [0.2, 0.25) is 0 Å². The summed E-state index contributed by atoms with van der Waals surface area (Å²) in [4.78, 5) is 0. The number of rotatable bonds is 0. The summed E-state index contributed by atoms with van der Waals surface area (Å²) in [5.41, 5.74) is 0.104. The minimum absolute atomic E-state index is 0.362. The molecule has 0 saturated heterocycles. The molecule has 4 atom stereocenters. The van der Waals surface area contributed by atoms with Crippen molar-refractivity contribution >= 4 is 0 Å². The van der Waals surface area contributed by atoms with Crippen LogP contribution in [-0.2, 0) is 0 Å². The molecule has 2 rings (SSSR count). The van der Waals surface area contributed by atoms with Crippen LogP contribution in [0.2, 0.25) is 0 Å². The standard InChI is InChI=1S/C11H20O/c1-7-9-5-8(10(7,2)3)6-11(9,4)12/h7-9,12H,5-6H2,1-4H3/t7-,8+,9-,11-/m1/s1. The SMILES string of the molecule is C[C@@H]1[C@H]2C[C@@H](C[C@@]2(C)O)C1(C)C. The summed E-state index contributed by atoms with van der Waals surface area (Å²) in [7, 11) is 0. The molecule has 2 aliphatic carbocycles. The van der Waals surface area contributed by atoms with Crippen molar-refractivity contribution in [3.63, 3.8) is 0 Å². The van der Waals surface area contributed by atoms with Crippen molar-refractivity contribution in [2.75, 3.05) is 0 Å². The fraction of sp³-hybridized carbons (Fsp3) is 1.00. The van der Waals surface area contributed by atoms with Gasteiger partial charge in [-0.05, 0) is 42.9 Å². The van der Waals surface area contributed by atoms with Crippen LogP contribution in [0.4, 0.5) is 0 Å². The van der Waals surface area contributed by atoms with E-state index in [4.69, 9.17) is 0 Å². The summed E-state index contributed by atoms with van der Waals surface area (Å²) < 4.78 is 0. The first-order valence-electron chi connectivity index (χ1n) is 5.08. The van der Waals surface area contributed by atoms with Gasteiger partial charge in [0.1, 0.15) is 0 Å². The van der Waals surface area contributed by atoms with Crippen molar-refractivity contribution in [3.8, 4) is 0 Å². The maximum Gasteiger partial charge on any atom is 0.0653 e. The molecule has 12 heavy (non-hydrogen) atoms. The Morgan fingerprint density at radius 1 is 1.25 bits per heavy atom. The summed E-state index contributed by atoms with van der Waals surface area (Å²) >= 11 is 0. The van der Waals surface area contributed by atoms with E-state index in [9.17, 15) is 5.11 Å². The van der Waals surface area contributed by atoms with Crippen molar-refractivity contribution in [1.82, 2.24) is 0 Å². The molecular weight excluding hydrogens is 148 g/mol. The Bertz CT molecular complexity index is 201. The quantitative estimate of drug-likeness (QED) is 0.589. The van der Waals surface area contributed by atoms with Crippen LogP contribution in [0.25, 0.3) is 0 Å². The first kappa shape index (κ1) is 8.55. The minimum atomic E-state index is -0.362. The Balaban J connectivity index is 2.30.